The average Bonchev–Trinajstić information content (AvgIpc) is 2.88. The summed E-state index contributed by atoms with van der Waals surface area (Å²) in [5, 5.41) is 12.8. The highest BCUT2D eigenvalue weighted by Gasteiger charge is 2.48. The molecule has 1 aliphatic rings. The molecule has 1 unspecified atom stereocenters. The van der Waals surface area contributed by atoms with E-state index in [1.54, 1.807) is 13.2 Å². The van der Waals surface area contributed by atoms with Crippen molar-refractivity contribution in [3.8, 4) is 6.07 Å². The zero-order valence-electron chi connectivity index (χ0n) is 14.8. The summed E-state index contributed by atoms with van der Waals surface area (Å²) in [5.74, 6) is -4.58. The Kier molecular flexibility index (Phi) is 6.42. The minimum absolute atomic E-state index is 0.0339. The van der Waals surface area contributed by atoms with E-state index < -0.39 is 17.7 Å². The molecule has 142 valence electrons. The fraction of sp³-hybridized carbons (Fsp3) is 0.588. The molecule has 0 amide bonds. The van der Waals surface area contributed by atoms with Crippen LogP contribution >= 0.6 is 0 Å². The number of halogens is 3. The Morgan fingerprint density at radius 1 is 1.50 bits per heavy atom. The first-order valence-corrected chi connectivity index (χ1v) is 8.44. The van der Waals surface area contributed by atoms with Crippen molar-refractivity contribution in [3.63, 3.8) is 0 Å². The second-order valence-electron chi connectivity index (χ2n) is 6.21. The molecule has 6 nitrogen and oxygen atoms in total. The lowest BCUT2D eigenvalue weighted by atomic mass is 9.77. The van der Waals surface area contributed by atoms with Crippen molar-refractivity contribution in [3.05, 3.63) is 23.3 Å². The fourth-order valence-electron chi connectivity index (χ4n) is 2.72. The molecule has 0 aliphatic heterocycles. The number of nitriles is 1. The third-order valence-corrected chi connectivity index (χ3v) is 4.42. The molecule has 0 bridgehead atoms. The summed E-state index contributed by atoms with van der Waals surface area (Å²) in [6.07, 6.45) is 3.61. The number of ether oxygens (including phenoxy) is 1. The van der Waals surface area contributed by atoms with Crippen LogP contribution in [0.3, 0.4) is 0 Å². The van der Waals surface area contributed by atoms with Crippen LogP contribution in [-0.2, 0) is 11.2 Å². The lowest BCUT2D eigenvalue weighted by molar-refractivity contribution is -0.131. The van der Waals surface area contributed by atoms with Gasteiger partial charge in [-0.05, 0) is 19.3 Å². The molecule has 3 rings (SSSR count). The third kappa shape index (κ3) is 4.07. The highest BCUT2D eigenvalue weighted by Crippen LogP contribution is 2.45. The van der Waals surface area contributed by atoms with Gasteiger partial charge < -0.3 is 10.5 Å². The molecular formula is C17H22F3N5O. The molecule has 0 radical (unpaired) electrons. The van der Waals surface area contributed by atoms with Crippen LogP contribution in [0.15, 0.2) is 6.20 Å². The lowest BCUT2D eigenvalue weighted by Gasteiger charge is -2.36. The number of methoxy groups -OCH3 is 1. The van der Waals surface area contributed by atoms with E-state index in [0.29, 0.717) is 6.42 Å². The van der Waals surface area contributed by atoms with Gasteiger partial charge in [0.15, 0.2) is 5.82 Å². The molecule has 9 heteroatoms. The standard InChI is InChI=1S/C12H10F3N5.C5H12O/c13-10-7(4-16)8(3-6-1-2-12(6,14)15)20-9(10)5-18-11(17)19-20;1-3-4-5-6-2/h5-6H,1-3H2,(H2,17,19);3-5H2,1-2H3. The molecule has 2 aromatic rings. The quantitative estimate of drug-likeness (QED) is 0.817. The van der Waals surface area contributed by atoms with Gasteiger partial charge in [-0.25, -0.2) is 22.7 Å². The van der Waals surface area contributed by atoms with Crippen molar-refractivity contribution in [2.75, 3.05) is 19.5 Å². The third-order valence-electron chi connectivity index (χ3n) is 4.42. The molecule has 1 saturated carbocycles. The second kappa shape index (κ2) is 8.36. The summed E-state index contributed by atoms with van der Waals surface area (Å²) >= 11 is 0. The number of aromatic nitrogens is 3. The van der Waals surface area contributed by atoms with Gasteiger partial charge >= 0.3 is 0 Å². The summed E-state index contributed by atoms with van der Waals surface area (Å²) in [4.78, 5) is 3.65. The normalized spacial score (nSPS) is 17.9. The van der Waals surface area contributed by atoms with Gasteiger partial charge in [-0.2, -0.15) is 5.26 Å². The fourth-order valence-corrected chi connectivity index (χ4v) is 2.72. The minimum Gasteiger partial charge on any atom is -0.385 e. The Labute approximate surface area is 149 Å². The van der Waals surface area contributed by atoms with E-state index in [1.807, 2.05) is 0 Å². The SMILES string of the molecule is CCCCOC.N#Cc1c(F)c2cnc(N)nn2c1CC1CCC1(F)F. The minimum atomic E-state index is -2.77. The van der Waals surface area contributed by atoms with E-state index in [9.17, 15) is 13.2 Å². The number of nitrogens with two attached hydrogens (primary N) is 1. The van der Waals surface area contributed by atoms with Gasteiger partial charge in [0.1, 0.15) is 17.1 Å². The van der Waals surface area contributed by atoms with E-state index in [2.05, 4.69) is 17.0 Å². The zero-order chi connectivity index (χ0) is 19.3. The monoisotopic (exact) mass is 369 g/mol. The molecular weight excluding hydrogens is 347 g/mol. The molecule has 0 aromatic carbocycles. The van der Waals surface area contributed by atoms with Crippen LogP contribution in [0.2, 0.25) is 0 Å². The summed E-state index contributed by atoms with van der Waals surface area (Å²) in [5.41, 5.74) is 5.25. The number of hydrogen-bond acceptors (Lipinski definition) is 5. The summed E-state index contributed by atoms with van der Waals surface area (Å²) < 4.78 is 46.7. The van der Waals surface area contributed by atoms with E-state index in [0.717, 1.165) is 17.3 Å². The molecule has 1 aliphatic carbocycles. The highest BCUT2D eigenvalue weighted by molar-refractivity contribution is 5.57. The van der Waals surface area contributed by atoms with E-state index in [-0.39, 0.29) is 35.6 Å². The Morgan fingerprint density at radius 2 is 2.23 bits per heavy atom. The van der Waals surface area contributed by atoms with Crippen molar-refractivity contribution in [1.29, 1.82) is 5.26 Å². The molecule has 0 spiro atoms. The number of nitrogens with zero attached hydrogens (tertiary/aromatic N) is 4. The number of hydrogen-bond donors (Lipinski definition) is 1. The molecule has 1 fully saturated rings. The number of unbranched alkanes of at least 4 members (excludes halogenated alkanes) is 1. The van der Waals surface area contributed by atoms with Gasteiger partial charge in [0, 0.05) is 26.1 Å². The van der Waals surface area contributed by atoms with Crippen LogP contribution in [0, 0.1) is 23.1 Å². The topological polar surface area (TPSA) is 89.2 Å². The first-order chi connectivity index (χ1) is 12.4. The van der Waals surface area contributed by atoms with Crippen molar-refractivity contribution in [1.82, 2.24) is 14.6 Å². The summed E-state index contributed by atoms with van der Waals surface area (Å²) in [6, 6.07) is 1.70. The molecule has 0 saturated heterocycles. The van der Waals surface area contributed by atoms with E-state index in [1.165, 1.54) is 12.8 Å². The largest absolute Gasteiger partial charge is 0.385 e. The number of alkyl halides is 2. The van der Waals surface area contributed by atoms with Crippen LogP contribution in [-0.4, -0.2) is 34.2 Å². The first-order valence-electron chi connectivity index (χ1n) is 8.44. The van der Waals surface area contributed by atoms with Crippen LogP contribution < -0.4 is 5.73 Å². The highest BCUT2D eigenvalue weighted by atomic mass is 19.3. The Hall–Kier alpha value is -2.34. The first kappa shape index (κ1) is 20.0. The molecule has 26 heavy (non-hydrogen) atoms. The van der Waals surface area contributed by atoms with Gasteiger partial charge in [-0.15, -0.1) is 5.10 Å². The predicted molar refractivity (Wildman–Crippen MR) is 90.2 cm³/mol. The Bertz CT molecular complexity index is 796. The maximum atomic E-state index is 14.0. The van der Waals surface area contributed by atoms with E-state index >= 15 is 0 Å². The van der Waals surface area contributed by atoms with Crippen LogP contribution in [0.5, 0.6) is 0 Å². The van der Waals surface area contributed by atoms with E-state index in [4.69, 9.17) is 15.7 Å². The maximum Gasteiger partial charge on any atom is 0.251 e. The average molecular weight is 369 g/mol. The van der Waals surface area contributed by atoms with Gasteiger partial charge in [0.25, 0.3) is 5.92 Å². The molecule has 2 aromatic heterocycles. The van der Waals surface area contributed by atoms with Crippen molar-refractivity contribution >= 4 is 11.5 Å². The number of fused-ring (bicyclic) bond motifs is 1. The van der Waals surface area contributed by atoms with Gasteiger partial charge in [-0.3, -0.25) is 0 Å². The zero-order valence-corrected chi connectivity index (χ0v) is 14.8. The summed E-state index contributed by atoms with van der Waals surface area (Å²) in [7, 11) is 1.73. The molecule has 1 atom stereocenters. The van der Waals surface area contributed by atoms with Crippen LogP contribution in [0.4, 0.5) is 19.1 Å². The second-order valence-corrected chi connectivity index (χ2v) is 6.21. The predicted octanol–water partition coefficient (Wildman–Crippen LogP) is 3.34. The smallest absolute Gasteiger partial charge is 0.251 e. The van der Waals surface area contributed by atoms with Crippen molar-refractivity contribution < 1.29 is 17.9 Å². The maximum absolute atomic E-state index is 14.0. The van der Waals surface area contributed by atoms with Gasteiger partial charge in [0.2, 0.25) is 5.95 Å². The number of rotatable bonds is 5. The number of anilines is 1. The number of nitrogen functional groups attached to an aromatic ring is 1. The van der Waals surface area contributed by atoms with Crippen molar-refractivity contribution in [2.45, 2.75) is 45.0 Å². The summed E-state index contributed by atoms with van der Waals surface area (Å²) in [6.45, 7) is 3.07. The van der Waals surface area contributed by atoms with Crippen LogP contribution in [0.25, 0.3) is 5.52 Å². The van der Waals surface area contributed by atoms with Crippen LogP contribution in [0.1, 0.15) is 43.9 Å². The van der Waals surface area contributed by atoms with Crippen molar-refractivity contribution in [2.24, 2.45) is 5.92 Å². The molecule has 2 N–H and O–H groups in total. The van der Waals surface area contributed by atoms with Gasteiger partial charge in [-0.1, -0.05) is 13.3 Å². The van der Waals surface area contributed by atoms with Gasteiger partial charge in [0.05, 0.1) is 11.9 Å². The Morgan fingerprint density at radius 3 is 2.69 bits per heavy atom. The lowest BCUT2D eigenvalue weighted by Crippen LogP contribution is -2.40. The molecule has 2 heterocycles. The Balaban J connectivity index is 0.000000352.